The van der Waals surface area contributed by atoms with Crippen LogP contribution in [0.1, 0.15) is 22.1 Å². The number of aliphatic hydroxyl groups is 1. The summed E-state index contributed by atoms with van der Waals surface area (Å²) in [4.78, 5) is 15.2. The van der Waals surface area contributed by atoms with Gasteiger partial charge in [-0.3, -0.25) is 4.79 Å². The molecule has 0 aliphatic carbocycles. The van der Waals surface area contributed by atoms with E-state index in [1.807, 2.05) is 0 Å². The minimum Gasteiger partial charge on any atom is -0.436 e. The third kappa shape index (κ3) is 2.29. The lowest BCUT2D eigenvalue weighted by Crippen LogP contribution is -2.26. The van der Waals surface area contributed by atoms with Crippen molar-refractivity contribution in [3.63, 3.8) is 0 Å². The number of nitrogens with zero attached hydrogens (tertiary/aromatic N) is 1. The molecule has 0 spiro atoms. The fourth-order valence-electron chi connectivity index (χ4n) is 0.992. The highest BCUT2D eigenvalue weighted by Gasteiger charge is 2.14. The van der Waals surface area contributed by atoms with Crippen LogP contribution in [0.15, 0.2) is 4.42 Å². The van der Waals surface area contributed by atoms with E-state index < -0.39 is 0 Å². The van der Waals surface area contributed by atoms with Gasteiger partial charge in [-0.25, -0.2) is 4.98 Å². The molecule has 72 valence electrons. The van der Waals surface area contributed by atoms with E-state index in [1.54, 1.807) is 13.8 Å². The Balaban J connectivity index is 2.70. The molecule has 0 aromatic carbocycles. The van der Waals surface area contributed by atoms with Gasteiger partial charge < -0.3 is 14.8 Å². The fourth-order valence-corrected chi connectivity index (χ4v) is 0.992. The molecule has 1 rings (SSSR count). The Morgan fingerprint density at radius 2 is 2.31 bits per heavy atom. The highest BCUT2D eigenvalue weighted by atomic mass is 16.4. The third-order valence-electron chi connectivity index (χ3n) is 1.51. The topological polar surface area (TPSA) is 75.4 Å². The summed E-state index contributed by atoms with van der Waals surface area (Å²) in [6.45, 7) is 3.51. The molecule has 0 unspecified atom stereocenters. The van der Waals surface area contributed by atoms with Crippen molar-refractivity contribution >= 4 is 5.91 Å². The molecular weight excluding hydrogens is 172 g/mol. The fraction of sp³-hybridized carbons (Fsp3) is 0.500. The van der Waals surface area contributed by atoms with Crippen LogP contribution in [-0.4, -0.2) is 29.1 Å². The SMILES string of the molecule is Cc1nc(C)c(C(=O)NCCO)o1. The van der Waals surface area contributed by atoms with Gasteiger partial charge in [0.2, 0.25) is 5.76 Å². The smallest absolute Gasteiger partial charge is 0.289 e. The van der Waals surface area contributed by atoms with Crippen LogP contribution in [0.2, 0.25) is 0 Å². The molecule has 0 fully saturated rings. The first-order valence-corrected chi connectivity index (χ1v) is 3.98. The second kappa shape index (κ2) is 4.04. The molecule has 0 saturated heterocycles. The van der Waals surface area contributed by atoms with Crippen molar-refractivity contribution in [3.8, 4) is 0 Å². The van der Waals surface area contributed by atoms with Crippen molar-refractivity contribution in [2.45, 2.75) is 13.8 Å². The maximum Gasteiger partial charge on any atom is 0.289 e. The molecule has 0 radical (unpaired) electrons. The minimum atomic E-state index is -0.341. The number of hydrogen-bond donors (Lipinski definition) is 2. The highest BCUT2D eigenvalue weighted by molar-refractivity contribution is 5.92. The minimum absolute atomic E-state index is 0.0854. The van der Waals surface area contributed by atoms with Crippen molar-refractivity contribution in [3.05, 3.63) is 17.3 Å². The van der Waals surface area contributed by atoms with Crippen LogP contribution in [0, 0.1) is 13.8 Å². The summed E-state index contributed by atoms with van der Waals surface area (Å²) in [5, 5.41) is 11.0. The van der Waals surface area contributed by atoms with Crippen LogP contribution in [-0.2, 0) is 0 Å². The van der Waals surface area contributed by atoms with E-state index in [0.717, 1.165) is 0 Å². The van der Waals surface area contributed by atoms with E-state index in [1.165, 1.54) is 0 Å². The Morgan fingerprint density at radius 1 is 1.62 bits per heavy atom. The molecule has 5 heteroatoms. The Hall–Kier alpha value is -1.36. The number of nitrogens with one attached hydrogen (secondary N) is 1. The van der Waals surface area contributed by atoms with Crippen molar-refractivity contribution in [2.75, 3.05) is 13.2 Å². The number of aryl methyl sites for hydroxylation is 2. The maximum absolute atomic E-state index is 11.3. The zero-order chi connectivity index (χ0) is 9.84. The number of oxazole rings is 1. The van der Waals surface area contributed by atoms with E-state index in [-0.39, 0.29) is 24.8 Å². The standard InChI is InChI=1S/C8H12N2O3/c1-5-7(13-6(2)10-5)8(12)9-3-4-11/h11H,3-4H2,1-2H3,(H,9,12). The van der Waals surface area contributed by atoms with Gasteiger partial charge in [0.15, 0.2) is 5.89 Å². The molecule has 0 saturated carbocycles. The average Bonchev–Trinajstić information content (AvgIpc) is 2.41. The van der Waals surface area contributed by atoms with Gasteiger partial charge in [-0.15, -0.1) is 0 Å². The van der Waals surface area contributed by atoms with Crippen LogP contribution in [0.5, 0.6) is 0 Å². The lowest BCUT2D eigenvalue weighted by atomic mass is 10.3. The van der Waals surface area contributed by atoms with Gasteiger partial charge in [0.25, 0.3) is 5.91 Å². The van der Waals surface area contributed by atoms with Crippen molar-refractivity contribution in [1.29, 1.82) is 0 Å². The first-order chi connectivity index (χ1) is 6.15. The van der Waals surface area contributed by atoms with Crippen LogP contribution in [0.4, 0.5) is 0 Å². The monoisotopic (exact) mass is 184 g/mol. The van der Waals surface area contributed by atoms with Gasteiger partial charge in [-0.1, -0.05) is 0 Å². The molecule has 1 aromatic heterocycles. The van der Waals surface area contributed by atoms with Crippen LogP contribution >= 0.6 is 0 Å². The number of carbonyl (C=O) groups is 1. The molecule has 0 atom stereocenters. The Bertz CT molecular complexity index is 306. The maximum atomic E-state index is 11.3. The zero-order valence-electron chi connectivity index (χ0n) is 7.63. The normalized spacial score (nSPS) is 10.1. The molecule has 0 bridgehead atoms. The second-order valence-electron chi connectivity index (χ2n) is 2.63. The second-order valence-corrected chi connectivity index (χ2v) is 2.63. The van der Waals surface area contributed by atoms with E-state index in [0.29, 0.717) is 11.6 Å². The predicted molar refractivity (Wildman–Crippen MR) is 45.4 cm³/mol. The van der Waals surface area contributed by atoms with Crippen molar-refractivity contribution in [2.24, 2.45) is 0 Å². The number of amides is 1. The molecule has 0 aliphatic heterocycles. The summed E-state index contributed by atoms with van der Waals surface area (Å²) in [7, 11) is 0. The largest absolute Gasteiger partial charge is 0.436 e. The Morgan fingerprint density at radius 3 is 2.77 bits per heavy atom. The van der Waals surface area contributed by atoms with Crippen molar-refractivity contribution < 1.29 is 14.3 Å². The molecule has 1 amide bonds. The van der Waals surface area contributed by atoms with E-state index in [4.69, 9.17) is 9.52 Å². The lowest BCUT2D eigenvalue weighted by Gasteiger charge is -1.99. The quantitative estimate of drug-likeness (QED) is 0.694. The van der Waals surface area contributed by atoms with Crippen LogP contribution in [0.25, 0.3) is 0 Å². The zero-order valence-corrected chi connectivity index (χ0v) is 7.63. The summed E-state index contributed by atoms with van der Waals surface area (Å²) in [5.41, 5.74) is 0.563. The molecule has 0 aliphatic rings. The first-order valence-electron chi connectivity index (χ1n) is 3.98. The lowest BCUT2D eigenvalue weighted by molar-refractivity contribution is 0.0915. The van der Waals surface area contributed by atoms with Gasteiger partial charge in [-0.2, -0.15) is 0 Å². The predicted octanol–water partition coefficient (Wildman–Crippen LogP) is 0.0135. The Kier molecular flexibility index (Phi) is 3.02. The number of aromatic nitrogens is 1. The average molecular weight is 184 g/mol. The third-order valence-corrected chi connectivity index (χ3v) is 1.51. The van der Waals surface area contributed by atoms with Crippen molar-refractivity contribution in [1.82, 2.24) is 10.3 Å². The molecule has 1 aromatic rings. The molecule has 5 nitrogen and oxygen atoms in total. The number of rotatable bonds is 3. The van der Waals surface area contributed by atoms with Gasteiger partial charge >= 0.3 is 0 Å². The van der Waals surface area contributed by atoms with E-state index >= 15 is 0 Å². The van der Waals surface area contributed by atoms with Gasteiger partial charge in [0.1, 0.15) is 0 Å². The first kappa shape index (κ1) is 9.73. The highest BCUT2D eigenvalue weighted by Crippen LogP contribution is 2.08. The van der Waals surface area contributed by atoms with Gasteiger partial charge in [0, 0.05) is 13.5 Å². The van der Waals surface area contributed by atoms with E-state index in [2.05, 4.69) is 10.3 Å². The number of aliphatic hydroxyl groups excluding tert-OH is 1. The van der Waals surface area contributed by atoms with E-state index in [9.17, 15) is 4.79 Å². The summed E-state index contributed by atoms with van der Waals surface area (Å²) in [5.74, 6) is 0.338. The van der Waals surface area contributed by atoms with Gasteiger partial charge in [0.05, 0.1) is 12.3 Å². The molecule has 2 N–H and O–H groups in total. The number of carbonyl (C=O) groups excluding carboxylic acids is 1. The summed E-state index contributed by atoms with van der Waals surface area (Å²) >= 11 is 0. The summed E-state index contributed by atoms with van der Waals surface area (Å²) in [6.07, 6.45) is 0. The molecular formula is C8H12N2O3. The van der Waals surface area contributed by atoms with Crippen LogP contribution in [0.3, 0.4) is 0 Å². The number of hydrogen-bond acceptors (Lipinski definition) is 4. The molecule has 1 heterocycles. The summed E-state index contributed by atoms with van der Waals surface area (Å²) in [6, 6.07) is 0. The van der Waals surface area contributed by atoms with Gasteiger partial charge in [-0.05, 0) is 6.92 Å². The Labute approximate surface area is 75.8 Å². The van der Waals surface area contributed by atoms with Crippen LogP contribution < -0.4 is 5.32 Å². The molecule has 13 heavy (non-hydrogen) atoms. The summed E-state index contributed by atoms with van der Waals surface area (Å²) < 4.78 is 5.07.